The fourth-order valence-electron chi connectivity index (χ4n) is 5.10. The van der Waals surface area contributed by atoms with E-state index < -0.39 is 0 Å². The summed E-state index contributed by atoms with van der Waals surface area (Å²) in [5.41, 5.74) is 4.68. The van der Waals surface area contributed by atoms with Crippen molar-refractivity contribution in [2.45, 2.75) is 56.7 Å². The quantitative estimate of drug-likeness (QED) is 0.588. The van der Waals surface area contributed by atoms with Gasteiger partial charge in [0.15, 0.2) is 0 Å². The lowest BCUT2D eigenvalue weighted by molar-refractivity contribution is -0.128. The molecule has 1 aliphatic heterocycles. The highest BCUT2D eigenvalue weighted by Gasteiger charge is 2.45. The topological polar surface area (TPSA) is 25.0 Å². The molecule has 1 aliphatic carbocycles. The Labute approximate surface area is 153 Å². The average Bonchev–Trinajstić information content (AvgIpc) is 3.02. The molecule has 1 N–H and O–H groups in total. The Morgan fingerprint density at radius 2 is 1.85 bits per heavy atom. The molecular formula is C23H24FNO. The van der Waals surface area contributed by atoms with E-state index in [0.717, 1.165) is 43.0 Å². The maximum Gasteiger partial charge on any atom is 0.123 e. The van der Waals surface area contributed by atoms with E-state index >= 15 is 0 Å². The fourth-order valence-corrected chi connectivity index (χ4v) is 5.10. The van der Waals surface area contributed by atoms with Crippen LogP contribution in [0.5, 0.6) is 0 Å². The van der Waals surface area contributed by atoms with Crippen molar-refractivity contribution in [2.24, 2.45) is 0 Å². The summed E-state index contributed by atoms with van der Waals surface area (Å²) in [4.78, 5) is 3.59. The zero-order valence-corrected chi connectivity index (χ0v) is 15.1. The van der Waals surface area contributed by atoms with Gasteiger partial charge in [0.25, 0.3) is 0 Å². The molecule has 3 aromatic rings. The first kappa shape index (κ1) is 16.1. The van der Waals surface area contributed by atoms with E-state index in [9.17, 15) is 4.39 Å². The molecular weight excluding hydrogens is 325 g/mol. The lowest BCUT2D eigenvalue weighted by Crippen LogP contribution is -2.42. The Hall–Kier alpha value is -2.13. The number of aromatic amines is 1. The Morgan fingerprint density at radius 1 is 1.08 bits per heavy atom. The maximum atomic E-state index is 13.8. The minimum atomic E-state index is -0.242. The van der Waals surface area contributed by atoms with Gasteiger partial charge >= 0.3 is 0 Å². The molecule has 26 heavy (non-hydrogen) atoms. The first-order valence-electron chi connectivity index (χ1n) is 9.68. The number of benzene rings is 2. The van der Waals surface area contributed by atoms with E-state index in [1.165, 1.54) is 22.9 Å². The second-order valence-electron chi connectivity index (χ2n) is 7.98. The summed E-state index contributed by atoms with van der Waals surface area (Å²) in [6.45, 7) is 2.14. The van der Waals surface area contributed by atoms with Crippen LogP contribution in [0.25, 0.3) is 10.9 Å². The molecule has 1 unspecified atom stereocenters. The number of rotatable bonds is 1. The van der Waals surface area contributed by atoms with Gasteiger partial charge in [-0.25, -0.2) is 4.39 Å². The van der Waals surface area contributed by atoms with E-state index in [4.69, 9.17) is 4.74 Å². The van der Waals surface area contributed by atoms with Crippen LogP contribution in [0.2, 0.25) is 0 Å². The molecule has 2 nitrogen and oxygen atoms in total. The summed E-state index contributed by atoms with van der Waals surface area (Å²) in [7, 11) is 0. The van der Waals surface area contributed by atoms with Crippen molar-refractivity contribution < 1.29 is 9.13 Å². The van der Waals surface area contributed by atoms with Gasteiger partial charge in [-0.1, -0.05) is 30.3 Å². The third kappa shape index (κ3) is 2.49. The van der Waals surface area contributed by atoms with Crippen molar-refractivity contribution in [3.8, 4) is 0 Å². The monoisotopic (exact) mass is 349 g/mol. The number of nitrogens with one attached hydrogen (secondary N) is 1. The molecule has 134 valence electrons. The van der Waals surface area contributed by atoms with Crippen molar-refractivity contribution in [3.63, 3.8) is 0 Å². The Bertz CT molecular complexity index is 938. The molecule has 1 aromatic heterocycles. The van der Waals surface area contributed by atoms with Crippen molar-refractivity contribution in [3.05, 3.63) is 71.2 Å². The molecule has 2 heterocycles. The summed E-state index contributed by atoms with van der Waals surface area (Å²) < 4.78 is 20.4. The summed E-state index contributed by atoms with van der Waals surface area (Å²) in [5, 5.41) is 1.03. The Kier molecular flexibility index (Phi) is 3.68. The number of H-pyrrole nitrogens is 1. The predicted molar refractivity (Wildman–Crippen MR) is 102 cm³/mol. The summed E-state index contributed by atoms with van der Waals surface area (Å²) in [6.07, 6.45) is 5.29. The minimum Gasteiger partial charge on any atom is -0.365 e. The smallest absolute Gasteiger partial charge is 0.123 e. The third-order valence-electron chi connectivity index (χ3n) is 6.31. The van der Waals surface area contributed by atoms with Gasteiger partial charge in [0.2, 0.25) is 0 Å². The number of halogens is 1. The zero-order chi connectivity index (χ0) is 17.7. The predicted octanol–water partition coefficient (Wildman–Crippen LogP) is 5.82. The molecule has 1 atom stereocenters. The lowest BCUT2D eigenvalue weighted by atomic mass is 9.72. The van der Waals surface area contributed by atoms with Crippen molar-refractivity contribution in [2.75, 3.05) is 0 Å². The number of fused-ring (bicyclic) bond motifs is 4. The van der Waals surface area contributed by atoms with Gasteiger partial charge in [-0.2, -0.15) is 0 Å². The van der Waals surface area contributed by atoms with E-state index in [1.54, 1.807) is 6.07 Å². The molecule has 5 rings (SSSR count). The summed E-state index contributed by atoms with van der Waals surface area (Å²) >= 11 is 0. The number of hydrogen-bond donors (Lipinski definition) is 1. The number of aromatic nitrogens is 1. The highest BCUT2D eigenvalue weighted by Crippen LogP contribution is 2.50. The molecule has 1 spiro atoms. The van der Waals surface area contributed by atoms with Gasteiger partial charge < -0.3 is 9.72 Å². The second-order valence-corrected chi connectivity index (χ2v) is 7.98. The molecule has 1 saturated carbocycles. The Balaban J connectivity index is 1.52. The first-order valence-corrected chi connectivity index (χ1v) is 9.68. The first-order chi connectivity index (χ1) is 12.6. The molecule has 0 radical (unpaired) electrons. The SMILES string of the molecule is CC1Cc2c([nH]c3ccc(F)cc23)C2(CCC(c3ccccc3)CC2)O1. The standard InChI is InChI=1S/C23H24FNO/c1-15-13-20-19-14-18(24)7-8-21(19)25-22(20)23(26-15)11-9-17(10-12-23)16-5-3-2-4-6-16/h2-8,14-15,17,25H,9-13H2,1H3. The van der Waals surface area contributed by atoms with Crippen LogP contribution in [0.15, 0.2) is 48.5 Å². The van der Waals surface area contributed by atoms with Crippen LogP contribution in [-0.4, -0.2) is 11.1 Å². The van der Waals surface area contributed by atoms with E-state index in [2.05, 4.69) is 42.2 Å². The molecule has 2 aliphatic rings. The highest BCUT2D eigenvalue weighted by atomic mass is 19.1. The van der Waals surface area contributed by atoms with Gasteiger partial charge in [-0.05, 0) is 67.9 Å². The zero-order valence-electron chi connectivity index (χ0n) is 15.1. The van der Waals surface area contributed by atoms with Crippen LogP contribution in [-0.2, 0) is 16.8 Å². The van der Waals surface area contributed by atoms with Gasteiger partial charge in [0.05, 0.1) is 11.8 Å². The van der Waals surface area contributed by atoms with E-state index in [0.29, 0.717) is 5.92 Å². The molecule has 1 fully saturated rings. The maximum absolute atomic E-state index is 13.8. The van der Waals surface area contributed by atoms with Gasteiger partial charge in [-0.3, -0.25) is 0 Å². The van der Waals surface area contributed by atoms with Gasteiger partial charge in [-0.15, -0.1) is 0 Å². The second kappa shape index (κ2) is 5.95. The summed E-state index contributed by atoms with van der Waals surface area (Å²) in [6, 6.07) is 15.9. The van der Waals surface area contributed by atoms with Gasteiger partial charge in [0, 0.05) is 17.3 Å². The van der Waals surface area contributed by atoms with Crippen LogP contribution >= 0.6 is 0 Å². The Morgan fingerprint density at radius 3 is 2.62 bits per heavy atom. The van der Waals surface area contributed by atoms with Crippen LogP contribution in [0.3, 0.4) is 0 Å². The molecule has 3 heteroatoms. The van der Waals surface area contributed by atoms with E-state index in [-0.39, 0.29) is 17.5 Å². The number of hydrogen-bond acceptors (Lipinski definition) is 1. The van der Waals surface area contributed by atoms with Gasteiger partial charge in [0.1, 0.15) is 11.4 Å². The lowest BCUT2D eigenvalue weighted by Gasteiger charge is -2.45. The summed E-state index contributed by atoms with van der Waals surface area (Å²) in [5.74, 6) is 0.438. The average molecular weight is 349 g/mol. The number of ether oxygens (including phenoxy) is 1. The third-order valence-corrected chi connectivity index (χ3v) is 6.31. The van der Waals surface area contributed by atoms with Crippen LogP contribution in [0.4, 0.5) is 4.39 Å². The minimum absolute atomic E-state index is 0.165. The van der Waals surface area contributed by atoms with Crippen LogP contribution in [0, 0.1) is 5.82 Å². The van der Waals surface area contributed by atoms with Crippen molar-refractivity contribution in [1.29, 1.82) is 0 Å². The van der Waals surface area contributed by atoms with Crippen LogP contribution < -0.4 is 0 Å². The fraction of sp³-hybridized carbons (Fsp3) is 0.391. The normalized spacial score (nSPS) is 28.4. The molecule has 0 saturated heterocycles. The van der Waals surface area contributed by atoms with E-state index in [1.807, 2.05) is 6.07 Å². The van der Waals surface area contributed by atoms with Crippen LogP contribution in [0.1, 0.15) is 55.3 Å². The molecule has 2 aromatic carbocycles. The van der Waals surface area contributed by atoms with Crippen molar-refractivity contribution in [1.82, 2.24) is 4.98 Å². The largest absolute Gasteiger partial charge is 0.365 e. The molecule has 0 amide bonds. The highest BCUT2D eigenvalue weighted by molar-refractivity contribution is 5.85. The molecule has 0 bridgehead atoms. The van der Waals surface area contributed by atoms with Crippen molar-refractivity contribution >= 4 is 10.9 Å².